The second-order valence-corrected chi connectivity index (χ2v) is 8.44. The zero-order chi connectivity index (χ0) is 22.5. The van der Waals surface area contributed by atoms with Crippen LogP contribution in [-0.4, -0.2) is 28.4 Å². The minimum absolute atomic E-state index is 0.0402. The monoisotopic (exact) mass is 469 g/mol. The summed E-state index contributed by atoms with van der Waals surface area (Å²) in [5, 5.41) is 3.58. The molecule has 7 heteroatoms. The number of methoxy groups -OCH3 is 1. The number of halogens is 2. The first-order chi connectivity index (χ1) is 15.6. The van der Waals surface area contributed by atoms with Crippen LogP contribution in [0.25, 0.3) is 11.8 Å². The summed E-state index contributed by atoms with van der Waals surface area (Å²) in [4.78, 5) is 17.2. The van der Waals surface area contributed by atoms with Gasteiger partial charge in [-0.2, -0.15) is 0 Å². The minimum atomic E-state index is -0.0579. The van der Waals surface area contributed by atoms with E-state index in [-0.39, 0.29) is 11.9 Å². The van der Waals surface area contributed by atoms with Gasteiger partial charge >= 0.3 is 0 Å². The highest BCUT2D eigenvalue weighted by Gasteiger charge is 2.24. The molecule has 1 unspecified atom stereocenters. The number of hydrogen-bond donors (Lipinski definition) is 1. The Kier molecular flexibility index (Phi) is 7.18. The van der Waals surface area contributed by atoms with Crippen LogP contribution in [0.2, 0.25) is 5.28 Å². The average Bonchev–Trinajstić information content (AvgIpc) is 3.42. The third kappa shape index (κ3) is 4.84. The van der Waals surface area contributed by atoms with Gasteiger partial charge in [0.2, 0.25) is 11.2 Å². The molecule has 0 aliphatic heterocycles. The number of carbonyl (C=O) groups is 1. The molecule has 0 spiro atoms. The van der Waals surface area contributed by atoms with E-state index in [0.29, 0.717) is 28.9 Å². The van der Waals surface area contributed by atoms with Gasteiger partial charge in [-0.15, -0.1) is 11.6 Å². The van der Waals surface area contributed by atoms with Gasteiger partial charge in [0, 0.05) is 23.8 Å². The van der Waals surface area contributed by atoms with Crippen molar-refractivity contribution in [1.29, 1.82) is 0 Å². The number of benzene rings is 2. The first kappa shape index (κ1) is 22.4. The van der Waals surface area contributed by atoms with E-state index in [1.807, 2.05) is 36.4 Å². The molecule has 0 saturated carbocycles. The van der Waals surface area contributed by atoms with Crippen LogP contribution in [0.5, 0.6) is 5.75 Å². The Labute approximate surface area is 198 Å². The fourth-order valence-corrected chi connectivity index (χ4v) is 4.45. The molecule has 0 bridgehead atoms. The number of nitrogens with zero attached hydrogens (tertiary/aromatic N) is 2. The fourth-order valence-electron chi connectivity index (χ4n) is 4.12. The highest BCUT2D eigenvalue weighted by molar-refractivity contribution is 6.28. The molecule has 3 aromatic rings. The van der Waals surface area contributed by atoms with E-state index in [0.717, 1.165) is 30.5 Å². The largest absolute Gasteiger partial charge is 0.495 e. The van der Waals surface area contributed by atoms with Crippen molar-refractivity contribution in [2.45, 2.75) is 31.7 Å². The highest BCUT2D eigenvalue weighted by atomic mass is 35.5. The molecule has 166 valence electrons. The standard InChI is InChI=1S/C25H25Cl2N3O2/c1-32-23-16-17(8-11-22(23)30-14-13-28-25(30)27)15-19(6-4-12-26)24(31)29-21-10-9-18-5-2-3-7-20(18)21/h2-3,5,7-8,11,13-16,21H,4,6,9-10,12H2,1H3,(H,29,31)/b19-15-. The molecule has 1 heterocycles. The maximum absolute atomic E-state index is 13.2. The van der Waals surface area contributed by atoms with Crippen LogP contribution in [0.1, 0.15) is 42.0 Å². The van der Waals surface area contributed by atoms with Gasteiger partial charge in [0.25, 0.3) is 0 Å². The Bertz CT molecular complexity index is 1140. The van der Waals surface area contributed by atoms with E-state index < -0.39 is 0 Å². The molecule has 2 aromatic carbocycles. The number of hydrogen-bond acceptors (Lipinski definition) is 3. The van der Waals surface area contributed by atoms with E-state index in [2.05, 4.69) is 22.4 Å². The third-order valence-electron chi connectivity index (χ3n) is 5.71. The van der Waals surface area contributed by atoms with Gasteiger partial charge in [0.1, 0.15) is 5.75 Å². The lowest BCUT2D eigenvalue weighted by Crippen LogP contribution is -2.28. The maximum atomic E-state index is 13.2. The van der Waals surface area contributed by atoms with Gasteiger partial charge in [-0.3, -0.25) is 9.36 Å². The quantitative estimate of drug-likeness (QED) is 0.338. The zero-order valence-corrected chi connectivity index (χ0v) is 19.4. The van der Waals surface area contributed by atoms with Crippen LogP contribution in [0.4, 0.5) is 0 Å². The number of imidazole rings is 1. The number of amides is 1. The van der Waals surface area contributed by atoms with Gasteiger partial charge in [0.15, 0.2) is 0 Å². The number of ether oxygens (including phenoxy) is 1. The topological polar surface area (TPSA) is 56.1 Å². The normalized spacial score (nSPS) is 15.5. The molecular weight excluding hydrogens is 445 g/mol. The summed E-state index contributed by atoms with van der Waals surface area (Å²) in [7, 11) is 1.61. The van der Waals surface area contributed by atoms with E-state index in [4.69, 9.17) is 27.9 Å². The molecule has 32 heavy (non-hydrogen) atoms. The van der Waals surface area contributed by atoms with Crippen molar-refractivity contribution in [3.63, 3.8) is 0 Å². The fraction of sp³-hybridized carbons (Fsp3) is 0.280. The number of aromatic nitrogens is 2. The number of fused-ring (bicyclic) bond motifs is 1. The van der Waals surface area contributed by atoms with Gasteiger partial charge < -0.3 is 10.1 Å². The number of aryl methyl sites for hydroxylation is 1. The Hall–Kier alpha value is -2.76. The summed E-state index contributed by atoms with van der Waals surface area (Å²) < 4.78 is 7.32. The Morgan fingerprint density at radius 2 is 2.16 bits per heavy atom. The molecular formula is C25H25Cl2N3O2. The molecule has 1 amide bonds. The van der Waals surface area contributed by atoms with Gasteiger partial charge in [-0.1, -0.05) is 30.3 Å². The van der Waals surface area contributed by atoms with Crippen molar-refractivity contribution in [2.75, 3.05) is 13.0 Å². The second-order valence-electron chi connectivity index (χ2n) is 7.72. The summed E-state index contributed by atoms with van der Waals surface area (Å²) in [6.07, 6.45) is 8.53. The number of carbonyl (C=O) groups excluding carboxylic acids is 1. The van der Waals surface area contributed by atoms with Crippen LogP contribution in [0, 0.1) is 0 Å². The maximum Gasteiger partial charge on any atom is 0.247 e. The number of alkyl halides is 1. The van der Waals surface area contributed by atoms with E-state index in [9.17, 15) is 4.79 Å². The SMILES string of the molecule is COc1cc(/C=C(/CCCCl)C(=O)NC2CCc3ccccc32)ccc1-n1ccnc1Cl. The lowest BCUT2D eigenvalue weighted by atomic mass is 10.0. The molecule has 1 atom stereocenters. The summed E-state index contributed by atoms with van der Waals surface area (Å²) >= 11 is 12.1. The summed E-state index contributed by atoms with van der Waals surface area (Å²) in [5.74, 6) is 1.08. The highest BCUT2D eigenvalue weighted by Crippen LogP contribution is 2.32. The van der Waals surface area contributed by atoms with Crippen LogP contribution in [0.3, 0.4) is 0 Å². The lowest BCUT2D eigenvalue weighted by molar-refractivity contribution is -0.118. The molecule has 0 saturated heterocycles. The van der Waals surface area contributed by atoms with E-state index in [1.54, 1.807) is 24.1 Å². The Morgan fingerprint density at radius 3 is 2.91 bits per heavy atom. The van der Waals surface area contributed by atoms with Crippen LogP contribution in [-0.2, 0) is 11.2 Å². The molecule has 1 aliphatic rings. The van der Waals surface area contributed by atoms with Crippen LogP contribution >= 0.6 is 23.2 Å². The van der Waals surface area contributed by atoms with Gasteiger partial charge in [0.05, 0.1) is 18.8 Å². The molecule has 1 N–H and O–H groups in total. The molecule has 1 aliphatic carbocycles. The first-order valence-electron chi connectivity index (χ1n) is 10.6. The summed E-state index contributed by atoms with van der Waals surface area (Å²) in [6.45, 7) is 0. The second kappa shape index (κ2) is 10.2. The van der Waals surface area contributed by atoms with Crippen LogP contribution < -0.4 is 10.1 Å². The van der Waals surface area contributed by atoms with Crippen molar-refractivity contribution in [2.24, 2.45) is 0 Å². The Balaban J connectivity index is 1.59. The van der Waals surface area contributed by atoms with Crippen molar-refractivity contribution in [3.05, 3.63) is 82.4 Å². The molecule has 5 nitrogen and oxygen atoms in total. The lowest BCUT2D eigenvalue weighted by Gasteiger charge is -2.16. The van der Waals surface area contributed by atoms with Crippen molar-refractivity contribution in [3.8, 4) is 11.4 Å². The number of nitrogens with one attached hydrogen (secondary N) is 1. The predicted molar refractivity (Wildman–Crippen MR) is 129 cm³/mol. The smallest absolute Gasteiger partial charge is 0.247 e. The van der Waals surface area contributed by atoms with Gasteiger partial charge in [-0.05, 0) is 72.2 Å². The van der Waals surface area contributed by atoms with Crippen LogP contribution in [0.15, 0.2) is 60.4 Å². The van der Waals surface area contributed by atoms with Crippen molar-refractivity contribution < 1.29 is 9.53 Å². The van der Waals surface area contributed by atoms with E-state index >= 15 is 0 Å². The number of rotatable bonds is 8. The Morgan fingerprint density at radius 1 is 1.31 bits per heavy atom. The molecule has 0 radical (unpaired) electrons. The summed E-state index contributed by atoms with van der Waals surface area (Å²) in [6, 6.07) is 14.1. The summed E-state index contributed by atoms with van der Waals surface area (Å²) in [5.41, 5.74) is 4.86. The molecule has 1 aromatic heterocycles. The van der Waals surface area contributed by atoms with E-state index in [1.165, 1.54) is 11.1 Å². The molecule has 0 fully saturated rings. The zero-order valence-electron chi connectivity index (χ0n) is 17.9. The third-order valence-corrected chi connectivity index (χ3v) is 6.26. The average molecular weight is 470 g/mol. The predicted octanol–water partition coefficient (Wildman–Crippen LogP) is 5.74. The van der Waals surface area contributed by atoms with Gasteiger partial charge in [-0.25, -0.2) is 4.98 Å². The van der Waals surface area contributed by atoms with Crippen molar-refractivity contribution in [1.82, 2.24) is 14.9 Å². The minimum Gasteiger partial charge on any atom is -0.495 e. The first-order valence-corrected chi connectivity index (χ1v) is 11.5. The van der Waals surface area contributed by atoms with Crippen molar-refractivity contribution >= 4 is 35.2 Å². The molecule has 4 rings (SSSR count).